The molecule has 0 N–H and O–H groups in total. The maximum atomic E-state index is 12.2. The highest BCUT2D eigenvalue weighted by Crippen LogP contribution is 2.50. The van der Waals surface area contributed by atoms with Crippen LogP contribution in [0.3, 0.4) is 0 Å². The summed E-state index contributed by atoms with van der Waals surface area (Å²) >= 11 is 1.79. The summed E-state index contributed by atoms with van der Waals surface area (Å²) in [5, 5.41) is 8.67. The van der Waals surface area contributed by atoms with Crippen LogP contribution in [-0.4, -0.2) is 23.9 Å². The third-order valence-corrected chi connectivity index (χ3v) is 4.76. The van der Waals surface area contributed by atoms with E-state index in [1.165, 1.54) is 9.75 Å². The van der Waals surface area contributed by atoms with Crippen LogP contribution in [0.5, 0.6) is 0 Å². The first-order chi connectivity index (χ1) is 8.54. The van der Waals surface area contributed by atoms with E-state index in [0.717, 1.165) is 6.42 Å². The third-order valence-electron chi connectivity index (χ3n) is 3.63. The van der Waals surface area contributed by atoms with Crippen molar-refractivity contribution in [3.63, 3.8) is 0 Å². The van der Waals surface area contributed by atoms with Gasteiger partial charge >= 0.3 is 0 Å². The van der Waals surface area contributed by atoms with Crippen LogP contribution in [0.1, 0.15) is 35.4 Å². The van der Waals surface area contributed by atoms with Crippen molar-refractivity contribution in [1.82, 2.24) is 4.90 Å². The Bertz CT molecular complexity index is 488. The number of carbonyl (C=O) groups is 1. The van der Waals surface area contributed by atoms with E-state index in [1.807, 2.05) is 6.92 Å². The predicted octanol–water partition coefficient (Wildman–Crippen LogP) is 2.92. The lowest BCUT2D eigenvalue weighted by atomic mass is 10.2. The monoisotopic (exact) mass is 262 g/mol. The number of amides is 1. The van der Waals surface area contributed by atoms with Crippen molar-refractivity contribution in [2.24, 2.45) is 5.92 Å². The minimum absolute atomic E-state index is 0.00817. The van der Waals surface area contributed by atoms with Crippen molar-refractivity contribution in [1.29, 1.82) is 5.26 Å². The topological polar surface area (TPSA) is 44.1 Å². The summed E-state index contributed by atoms with van der Waals surface area (Å²) in [5.41, 5.74) is 0. The maximum absolute atomic E-state index is 12.2. The molecule has 1 aromatic heterocycles. The second-order valence-electron chi connectivity index (χ2n) is 5.06. The number of hydrogen-bond donors (Lipinski definition) is 0. The van der Waals surface area contributed by atoms with Crippen molar-refractivity contribution in [3.05, 3.63) is 21.9 Å². The van der Waals surface area contributed by atoms with E-state index in [2.05, 4.69) is 25.1 Å². The molecule has 0 aromatic carbocycles. The van der Waals surface area contributed by atoms with Gasteiger partial charge < -0.3 is 4.90 Å². The Morgan fingerprint density at radius 3 is 2.94 bits per heavy atom. The van der Waals surface area contributed by atoms with Gasteiger partial charge in [-0.05, 0) is 32.4 Å². The van der Waals surface area contributed by atoms with Gasteiger partial charge in [0.05, 0.1) is 12.5 Å². The number of thiophene rings is 1. The zero-order valence-electron chi connectivity index (χ0n) is 11.0. The number of nitriles is 1. The molecule has 3 nitrogen and oxygen atoms in total. The molecule has 0 radical (unpaired) electrons. The number of aryl methyl sites for hydroxylation is 1. The van der Waals surface area contributed by atoms with Gasteiger partial charge in [0.2, 0.25) is 5.91 Å². The van der Waals surface area contributed by atoms with E-state index in [9.17, 15) is 4.79 Å². The van der Waals surface area contributed by atoms with Crippen LogP contribution >= 0.6 is 11.3 Å². The van der Waals surface area contributed by atoms with Gasteiger partial charge in [-0.2, -0.15) is 5.26 Å². The molecule has 1 aromatic rings. The molecule has 0 aliphatic heterocycles. The number of nitrogens with zero attached hydrogens (tertiary/aromatic N) is 2. The molecule has 18 heavy (non-hydrogen) atoms. The lowest BCUT2D eigenvalue weighted by molar-refractivity contribution is -0.133. The van der Waals surface area contributed by atoms with Gasteiger partial charge in [-0.3, -0.25) is 4.79 Å². The van der Waals surface area contributed by atoms with Crippen molar-refractivity contribution in [3.8, 4) is 6.07 Å². The van der Waals surface area contributed by atoms with Gasteiger partial charge in [-0.15, -0.1) is 11.3 Å². The molecule has 0 spiro atoms. The standard InChI is InChI=1S/C14H18N2OS/c1-9(6-7-15)16(3)14(17)12-8-11(12)13-5-4-10(2)18-13/h4-5,9,11-12H,6,8H2,1-3H3/t9-,11+,12-/m0/s1. The third kappa shape index (κ3) is 2.56. The van der Waals surface area contributed by atoms with Crippen molar-refractivity contribution >= 4 is 17.2 Å². The predicted molar refractivity (Wildman–Crippen MR) is 72.4 cm³/mol. The fraction of sp³-hybridized carbons (Fsp3) is 0.571. The minimum Gasteiger partial charge on any atom is -0.342 e. The molecule has 1 amide bonds. The Kier molecular flexibility index (Phi) is 3.72. The summed E-state index contributed by atoms with van der Waals surface area (Å²) in [5.74, 6) is 0.732. The first-order valence-electron chi connectivity index (χ1n) is 6.24. The lowest BCUT2D eigenvalue weighted by Crippen LogP contribution is -2.36. The van der Waals surface area contributed by atoms with Crippen LogP contribution in [0.2, 0.25) is 0 Å². The molecule has 1 aliphatic carbocycles. The smallest absolute Gasteiger partial charge is 0.226 e. The van der Waals surface area contributed by atoms with E-state index in [1.54, 1.807) is 23.3 Å². The molecule has 0 saturated heterocycles. The summed E-state index contributed by atoms with van der Waals surface area (Å²) in [6.07, 6.45) is 1.36. The molecule has 0 bridgehead atoms. The Morgan fingerprint density at radius 2 is 2.39 bits per heavy atom. The highest BCUT2D eigenvalue weighted by atomic mass is 32.1. The molecule has 1 fully saturated rings. The van der Waals surface area contributed by atoms with Crippen molar-refractivity contribution in [2.75, 3.05) is 7.05 Å². The van der Waals surface area contributed by atoms with E-state index in [-0.39, 0.29) is 17.9 Å². The largest absolute Gasteiger partial charge is 0.342 e. The summed E-state index contributed by atoms with van der Waals surface area (Å²) < 4.78 is 0. The molecule has 96 valence electrons. The van der Waals surface area contributed by atoms with E-state index >= 15 is 0 Å². The van der Waals surface area contributed by atoms with E-state index in [0.29, 0.717) is 12.3 Å². The Balaban J connectivity index is 1.95. The first-order valence-corrected chi connectivity index (χ1v) is 7.06. The number of rotatable bonds is 4. The van der Waals surface area contributed by atoms with Crippen molar-refractivity contribution in [2.45, 2.75) is 38.6 Å². The normalized spacial score (nSPS) is 23.2. The van der Waals surface area contributed by atoms with Gasteiger partial charge in [0.1, 0.15) is 0 Å². The molecule has 1 aliphatic rings. The maximum Gasteiger partial charge on any atom is 0.226 e. The van der Waals surface area contributed by atoms with Gasteiger partial charge in [-0.25, -0.2) is 0 Å². The van der Waals surface area contributed by atoms with Gasteiger partial charge in [-0.1, -0.05) is 0 Å². The van der Waals surface area contributed by atoms with Crippen molar-refractivity contribution < 1.29 is 4.79 Å². The van der Waals surface area contributed by atoms with Crippen LogP contribution in [-0.2, 0) is 4.79 Å². The number of carbonyl (C=O) groups excluding carboxylic acids is 1. The van der Waals surface area contributed by atoms with Gasteiger partial charge in [0, 0.05) is 34.7 Å². The second-order valence-corrected chi connectivity index (χ2v) is 6.38. The minimum atomic E-state index is 0.00817. The molecule has 1 heterocycles. The fourth-order valence-corrected chi connectivity index (χ4v) is 3.24. The second kappa shape index (κ2) is 5.11. The highest BCUT2D eigenvalue weighted by molar-refractivity contribution is 7.12. The molecular weight excluding hydrogens is 244 g/mol. The summed E-state index contributed by atoms with van der Waals surface area (Å²) in [7, 11) is 1.80. The van der Waals surface area contributed by atoms with Crippen LogP contribution in [0.15, 0.2) is 12.1 Å². The lowest BCUT2D eigenvalue weighted by Gasteiger charge is -2.23. The average Bonchev–Trinajstić information content (AvgIpc) is 3.03. The highest BCUT2D eigenvalue weighted by Gasteiger charge is 2.46. The zero-order chi connectivity index (χ0) is 13.3. The molecule has 4 heteroatoms. The molecule has 3 atom stereocenters. The molecular formula is C14H18N2OS. The zero-order valence-corrected chi connectivity index (χ0v) is 11.8. The average molecular weight is 262 g/mol. The fourth-order valence-electron chi connectivity index (χ4n) is 2.18. The Morgan fingerprint density at radius 1 is 1.67 bits per heavy atom. The van der Waals surface area contributed by atoms with Crippen LogP contribution in [0.25, 0.3) is 0 Å². The molecule has 1 saturated carbocycles. The SMILES string of the molecule is Cc1ccc([C@@H]2C[C@@H]2C(=O)N(C)[C@@H](C)CC#N)s1. The summed E-state index contributed by atoms with van der Waals surface area (Å²) in [6, 6.07) is 6.37. The quantitative estimate of drug-likeness (QED) is 0.837. The van der Waals surface area contributed by atoms with Crippen LogP contribution in [0.4, 0.5) is 0 Å². The summed E-state index contributed by atoms with van der Waals surface area (Å²) in [6.45, 7) is 4.02. The number of hydrogen-bond acceptors (Lipinski definition) is 3. The van der Waals surface area contributed by atoms with Gasteiger partial charge in [0.15, 0.2) is 0 Å². The van der Waals surface area contributed by atoms with Crippen LogP contribution in [0, 0.1) is 24.2 Å². The summed E-state index contributed by atoms with van der Waals surface area (Å²) in [4.78, 5) is 16.6. The molecule has 0 unspecified atom stereocenters. The Labute approximate surface area is 112 Å². The van der Waals surface area contributed by atoms with Gasteiger partial charge in [0.25, 0.3) is 0 Å². The molecule has 2 rings (SSSR count). The Hall–Kier alpha value is -1.34. The van der Waals surface area contributed by atoms with Crippen LogP contribution < -0.4 is 0 Å². The first kappa shape index (κ1) is 13.1. The van der Waals surface area contributed by atoms with E-state index < -0.39 is 0 Å². The van der Waals surface area contributed by atoms with E-state index in [4.69, 9.17) is 5.26 Å².